The molecule has 0 aliphatic heterocycles. The summed E-state index contributed by atoms with van der Waals surface area (Å²) in [6.07, 6.45) is -0.420. The van der Waals surface area contributed by atoms with Crippen LogP contribution in [0.2, 0.25) is 5.02 Å². The van der Waals surface area contributed by atoms with Crippen LogP contribution in [0, 0.1) is 5.41 Å². The van der Waals surface area contributed by atoms with Crippen molar-refractivity contribution in [1.29, 1.82) is 0 Å². The van der Waals surface area contributed by atoms with Crippen molar-refractivity contribution in [3.63, 3.8) is 0 Å². The van der Waals surface area contributed by atoms with Gasteiger partial charge in [-0.15, -0.1) is 0 Å². The van der Waals surface area contributed by atoms with E-state index in [0.29, 0.717) is 10.8 Å². The standard InChI is InChI=1S/C13H20ClNO2/c1-13(2,3)12(15)11(8-16)17-10-6-4-9(14)5-7-10/h4-7,11-12,16H,8,15H2,1-3H3. The van der Waals surface area contributed by atoms with Gasteiger partial charge in [0.15, 0.2) is 0 Å². The van der Waals surface area contributed by atoms with Crippen LogP contribution in [-0.2, 0) is 0 Å². The van der Waals surface area contributed by atoms with Crippen molar-refractivity contribution in [1.82, 2.24) is 0 Å². The molecule has 0 fully saturated rings. The maximum Gasteiger partial charge on any atom is 0.137 e. The monoisotopic (exact) mass is 257 g/mol. The number of nitrogens with two attached hydrogens (primary N) is 1. The summed E-state index contributed by atoms with van der Waals surface area (Å²) >= 11 is 5.79. The second kappa shape index (κ2) is 5.71. The van der Waals surface area contributed by atoms with Crippen molar-refractivity contribution in [2.75, 3.05) is 6.61 Å². The predicted molar refractivity (Wildman–Crippen MR) is 70.4 cm³/mol. The van der Waals surface area contributed by atoms with Gasteiger partial charge in [0, 0.05) is 11.1 Å². The van der Waals surface area contributed by atoms with Crippen LogP contribution in [0.3, 0.4) is 0 Å². The zero-order chi connectivity index (χ0) is 13.1. The zero-order valence-electron chi connectivity index (χ0n) is 10.5. The minimum atomic E-state index is -0.420. The van der Waals surface area contributed by atoms with E-state index >= 15 is 0 Å². The summed E-state index contributed by atoms with van der Waals surface area (Å²) in [5.74, 6) is 0.660. The van der Waals surface area contributed by atoms with Crippen molar-refractivity contribution < 1.29 is 9.84 Å². The smallest absolute Gasteiger partial charge is 0.137 e. The maximum atomic E-state index is 9.34. The highest BCUT2D eigenvalue weighted by Gasteiger charge is 2.30. The predicted octanol–water partition coefficient (Wildman–Crippen LogP) is 2.45. The normalized spacial score (nSPS) is 15.4. The molecule has 0 spiro atoms. The molecule has 0 aliphatic carbocycles. The van der Waals surface area contributed by atoms with E-state index in [2.05, 4.69) is 0 Å². The summed E-state index contributed by atoms with van der Waals surface area (Å²) in [7, 11) is 0. The number of aliphatic hydroxyl groups excluding tert-OH is 1. The molecule has 1 rings (SSSR count). The van der Waals surface area contributed by atoms with E-state index in [4.69, 9.17) is 22.1 Å². The van der Waals surface area contributed by atoms with E-state index in [0.717, 1.165) is 0 Å². The van der Waals surface area contributed by atoms with Crippen molar-refractivity contribution in [2.24, 2.45) is 11.1 Å². The van der Waals surface area contributed by atoms with Crippen molar-refractivity contribution in [3.8, 4) is 5.75 Å². The van der Waals surface area contributed by atoms with Gasteiger partial charge in [-0.1, -0.05) is 32.4 Å². The lowest BCUT2D eigenvalue weighted by Crippen LogP contribution is -2.49. The number of benzene rings is 1. The first-order valence-corrected chi connectivity index (χ1v) is 6.01. The van der Waals surface area contributed by atoms with Gasteiger partial charge in [-0.05, 0) is 29.7 Å². The lowest BCUT2D eigenvalue weighted by atomic mass is 9.84. The van der Waals surface area contributed by atoms with Gasteiger partial charge >= 0.3 is 0 Å². The van der Waals surface area contributed by atoms with Gasteiger partial charge in [0.05, 0.1) is 6.61 Å². The number of hydrogen-bond acceptors (Lipinski definition) is 3. The van der Waals surface area contributed by atoms with E-state index in [1.165, 1.54) is 0 Å². The average molecular weight is 258 g/mol. The minimum absolute atomic E-state index is 0.110. The van der Waals surface area contributed by atoms with Crippen LogP contribution in [0.25, 0.3) is 0 Å². The Balaban J connectivity index is 2.73. The summed E-state index contributed by atoms with van der Waals surface area (Å²) in [4.78, 5) is 0. The quantitative estimate of drug-likeness (QED) is 0.871. The van der Waals surface area contributed by atoms with Gasteiger partial charge in [-0.25, -0.2) is 0 Å². The Bertz CT molecular complexity index is 345. The van der Waals surface area contributed by atoms with E-state index in [9.17, 15) is 5.11 Å². The molecule has 4 heteroatoms. The van der Waals surface area contributed by atoms with Gasteiger partial charge in [0.25, 0.3) is 0 Å². The average Bonchev–Trinajstić information content (AvgIpc) is 2.26. The first-order chi connectivity index (χ1) is 7.84. The fourth-order valence-corrected chi connectivity index (χ4v) is 1.60. The lowest BCUT2D eigenvalue weighted by molar-refractivity contribution is 0.0592. The molecule has 1 aromatic carbocycles. The largest absolute Gasteiger partial charge is 0.486 e. The van der Waals surface area contributed by atoms with Crippen LogP contribution in [0.1, 0.15) is 20.8 Å². The van der Waals surface area contributed by atoms with Crippen LogP contribution in [0.5, 0.6) is 5.75 Å². The Labute approximate surface area is 108 Å². The Morgan fingerprint density at radius 2 is 1.82 bits per heavy atom. The first kappa shape index (κ1) is 14.3. The molecule has 17 heavy (non-hydrogen) atoms. The molecule has 0 aromatic heterocycles. The second-order valence-corrected chi connectivity index (χ2v) is 5.62. The Kier molecular flexibility index (Phi) is 4.80. The van der Waals surface area contributed by atoms with E-state index in [1.807, 2.05) is 20.8 Å². The first-order valence-electron chi connectivity index (χ1n) is 5.63. The fraction of sp³-hybridized carbons (Fsp3) is 0.538. The number of ether oxygens (including phenoxy) is 1. The van der Waals surface area contributed by atoms with Gasteiger partial charge in [0.1, 0.15) is 11.9 Å². The van der Waals surface area contributed by atoms with Crippen molar-refractivity contribution in [3.05, 3.63) is 29.3 Å². The van der Waals surface area contributed by atoms with Gasteiger partial charge < -0.3 is 15.6 Å². The molecule has 2 atom stereocenters. The second-order valence-electron chi connectivity index (χ2n) is 5.18. The Morgan fingerprint density at radius 3 is 2.24 bits per heavy atom. The van der Waals surface area contributed by atoms with Crippen LogP contribution >= 0.6 is 11.6 Å². The number of halogens is 1. The number of hydrogen-bond donors (Lipinski definition) is 2. The fourth-order valence-electron chi connectivity index (χ4n) is 1.47. The molecular formula is C13H20ClNO2. The summed E-state index contributed by atoms with van der Waals surface area (Å²) in [5, 5.41) is 10.00. The van der Waals surface area contributed by atoms with Crippen molar-refractivity contribution in [2.45, 2.75) is 32.9 Å². The van der Waals surface area contributed by atoms with E-state index in [1.54, 1.807) is 24.3 Å². The van der Waals surface area contributed by atoms with Crippen LogP contribution in [0.15, 0.2) is 24.3 Å². The molecule has 3 N–H and O–H groups in total. The minimum Gasteiger partial charge on any atom is -0.486 e. The maximum absolute atomic E-state index is 9.34. The highest BCUT2D eigenvalue weighted by molar-refractivity contribution is 6.30. The third-order valence-corrected chi connectivity index (χ3v) is 2.93. The molecule has 3 nitrogen and oxygen atoms in total. The summed E-state index contributed by atoms with van der Waals surface area (Å²) in [6.45, 7) is 5.95. The molecule has 0 heterocycles. The topological polar surface area (TPSA) is 55.5 Å². The molecular weight excluding hydrogens is 238 g/mol. The number of rotatable bonds is 4. The molecule has 1 aromatic rings. The van der Waals surface area contributed by atoms with Crippen LogP contribution in [-0.4, -0.2) is 23.9 Å². The zero-order valence-corrected chi connectivity index (χ0v) is 11.2. The molecule has 0 radical (unpaired) electrons. The highest BCUT2D eigenvalue weighted by Crippen LogP contribution is 2.24. The SMILES string of the molecule is CC(C)(C)C(N)C(CO)Oc1ccc(Cl)cc1. The van der Waals surface area contributed by atoms with E-state index < -0.39 is 6.10 Å². The van der Waals surface area contributed by atoms with E-state index in [-0.39, 0.29) is 18.1 Å². The van der Waals surface area contributed by atoms with Crippen molar-refractivity contribution >= 4 is 11.6 Å². The Morgan fingerprint density at radius 1 is 1.29 bits per heavy atom. The molecule has 0 amide bonds. The number of aliphatic hydroxyl groups is 1. The van der Waals surface area contributed by atoms with Crippen LogP contribution < -0.4 is 10.5 Å². The lowest BCUT2D eigenvalue weighted by Gasteiger charge is -2.33. The van der Waals surface area contributed by atoms with Gasteiger partial charge in [-0.2, -0.15) is 0 Å². The third kappa shape index (κ3) is 4.19. The summed E-state index contributed by atoms with van der Waals surface area (Å²) < 4.78 is 5.67. The Hall–Kier alpha value is -0.770. The molecule has 0 bridgehead atoms. The summed E-state index contributed by atoms with van der Waals surface area (Å²) in [6, 6.07) is 6.77. The molecule has 0 saturated heterocycles. The van der Waals surface area contributed by atoms with Gasteiger partial charge in [-0.3, -0.25) is 0 Å². The third-order valence-electron chi connectivity index (χ3n) is 2.68. The molecule has 0 saturated carbocycles. The molecule has 0 aliphatic rings. The van der Waals surface area contributed by atoms with Crippen LogP contribution in [0.4, 0.5) is 0 Å². The summed E-state index contributed by atoms with van der Waals surface area (Å²) in [5.41, 5.74) is 5.95. The highest BCUT2D eigenvalue weighted by atomic mass is 35.5. The molecule has 96 valence electrons. The molecule has 2 unspecified atom stereocenters. The van der Waals surface area contributed by atoms with Gasteiger partial charge in [0.2, 0.25) is 0 Å².